The quantitative estimate of drug-likeness (QED) is 0.409. The number of Topliss-reactive ketones (excluding diaryl/α,β-unsaturated/α-hetero) is 1. The maximum absolute atomic E-state index is 14.1. The molecule has 12 nitrogen and oxygen atoms in total. The van der Waals surface area contributed by atoms with Gasteiger partial charge in [-0.25, -0.2) is 0 Å². The summed E-state index contributed by atoms with van der Waals surface area (Å²) >= 11 is 0. The van der Waals surface area contributed by atoms with E-state index in [0.717, 1.165) is 56.1 Å². The van der Waals surface area contributed by atoms with Crippen LogP contribution in [-0.2, 0) is 47.4 Å². The maximum atomic E-state index is 14.1. The van der Waals surface area contributed by atoms with E-state index in [9.17, 15) is 9.90 Å². The Labute approximate surface area is 307 Å². The molecule has 12 bridgehead atoms. The molecule has 0 saturated carbocycles. The van der Waals surface area contributed by atoms with Crippen LogP contribution in [0.4, 0.5) is 0 Å². The van der Waals surface area contributed by atoms with Gasteiger partial charge in [-0.1, -0.05) is 20.1 Å². The molecule has 3 N–H and O–H groups in total. The van der Waals surface area contributed by atoms with Gasteiger partial charge >= 0.3 is 0 Å². The van der Waals surface area contributed by atoms with E-state index in [1.165, 1.54) is 0 Å². The lowest BCUT2D eigenvalue weighted by molar-refractivity contribution is -0.292. The largest absolute Gasteiger partial charge is 0.392 e. The molecule has 0 unspecified atom stereocenters. The highest BCUT2D eigenvalue weighted by molar-refractivity contribution is 5.79. The van der Waals surface area contributed by atoms with Gasteiger partial charge in [0.25, 0.3) is 0 Å². The van der Waals surface area contributed by atoms with Crippen molar-refractivity contribution in [1.82, 2.24) is 0 Å². The number of aliphatic hydroxyl groups excluding tert-OH is 1. The summed E-state index contributed by atoms with van der Waals surface area (Å²) in [7, 11) is 1.66. The Balaban J connectivity index is 0.994. The molecule has 1 spiro atoms. The van der Waals surface area contributed by atoms with Crippen molar-refractivity contribution in [2.75, 3.05) is 13.7 Å². The van der Waals surface area contributed by atoms with Gasteiger partial charge in [0.05, 0.1) is 67.1 Å². The molecule has 0 aromatic heterocycles. The third-order valence-corrected chi connectivity index (χ3v) is 14.0. The topological polar surface area (TPSA) is 146 Å². The Morgan fingerprint density at radius 3 is 2.38 bits per heavy atom. The van der Waals surface area contributed by atoms with E-state index >= 15 is 0 Å². The summed E-state index contributed by atoms with van der Waals surface area (Å²) in [5.74, 6) is -0.619. The van der Waals surface area contributed by atoms with Crippen molar-refractivity contribution >= 4 is 5.78 Å². The van der Waals surface area contributed by atoms with E-state index in [1.807, 2.05) is 0 Å². The number of carbonyl (C=O) groups excluding carboxylic acids is 1. The van der Waals surface area contributed by atoms with Gasteiger partial charge in [-0.3, -0.25) is 4.79 Å². The summed E-state index contributed by atoms with van der Waals surface area (Å²) in [6, 6.07) is 0. The summed E-state index contributed by atoms with van der Waals surface area (Å²) in [5, 5.41) is 10.5. The van der Waals surface area contributed by atoms with E-state index < -0.39 is 18.0 Å². The summed E-state index contributed by atoms with van der Waals surface area (Å²) in [6.07, 6.45) is 4.85. The van der Waals surface area contributed by atoms with E-state index in [2.05, 4.69) is 20.1 Å². The number of hydrogen-bond donors (Lipinski definition) is 2. The second kappa shape index (κ2) is 14.3. The monoisotopic (exact) mass is 729 g/mol. The van der Waals surface area contributed by atoms with E-state index in [1.54, 1.807) is 7.11 Å². The fourth-order valence-electron chi connectivity index (χ4n) is 11.3. The number of carbonyl (C=O) groups is 1. The van der Waals surface area contributed by atoms with Crippen LogP contribution in [0.2, 0.25) is 0 Å². The minimum absolute atomic E-state index is 0.0158. The molecule has 10 aliphatic rings. The maximum Gasteiger partial charge on any atom is 0.172 e. The van der Waals surface area contributed by atoms with Gasteiger partial charge in [0.2, 0.25) is 0 Å². The third-order valence-electron chi connectivity index (χ3n) is 14.0. The summed E-state index contributed by atoms with van der Waals surface area (Å²) < 4.78 is 60.0. The number of ether oxygens (including phenoxy) is 9. The Morgan fingerprint density at radius 1 is 0.808 bits per heavy atom. The molecule has 10 heterocycles. The molecule has 10 fully saturated rings. The second-order valence-corrected chi connectivity index (χ2v) is 17.4. The van der Waals surface area contributed by atoms with Gasteiger partial charge in [-0.15, -0.1) is 0 Å². The average molecular weight is 730 g/mol. The molecule has 10 rings (SSSR count). The van der Waals surface area contributed by atoms with Crippen LogP contribution < -0.4 is 5.73 Å². The molecule has 0 aromatic carbocycles. The van der Waals surface area contributed by atoms with Crippen molar-refractivity contribution in [1.29, 1.82) is 0 Å². The van der Waals surface area contributed by atoms with Crippen LogP contribution in [0.5, 0.6) is 0 Å². The van der Waals surface area contributed by atoms with E-state index in [-0.39, 0.29) is 122 Å². The van der Waals surface area contributed by atoms with Crippen LogP contribution in [0, 0.1) is 11.8 Å². The Hall–Kier alpha value is -1.29. The van der Waals surface area contributed by atoms with Crippen molar-refractivity contribution in [3.63, 3.8) is 0 Å². The molecule has 52 heavy (non-hydrogen) atoms. The molecule has 10 aliphatic heterocycles. The number of hydrogen-bond acceptors (Lipinski definition) is 12. The van der Waals surface area contributed by atoms with Crippen LogP contribution in [0.15, 0.2) is 24.3 Å². The molecule has 12 heteroatoms. The predicted octanol–water partition coefficient (Wildman–Crippen LogP) is 3.44. The van der Waals surface area contributed by atoms with Crippen molar-refractivity contribution in [2.24, 2.45) is 17.6 Å². The Morgan fingerprint density at radius 2 is 1.56 bits per heavy atom. The summed E-state index contributed by atoms with van der Waals surface area (Å²) in [5.41, 5.74) is 8.01. The molecule has 290 valence electrons. The standard InChI is InChI=1S/C40H59NO11/c1-19-11-24-5-7-28-20(2)12-26(45-28)9-10-40-17-33-36(51-40)37-38(50-33)39(52-40)35-29(49-37)8-6-25(47-35)13-22(42)14-27-31(16-30(46-24)21(19)3)48-32(34(27)44-4)15-23(43)18-41/h19,23-39,43H,2-3,5-18,41H2,1,4H3/t19-,23+,24-,25-,26+,27+,28+,29+,30-,31+,32-,33-,34-,35+,36+,37+,38-,39+,40+/m1/s1. The van der Waals surface area contributed by atoms with Crippen LogP contribution in [-0.4, -0.2) is 128 Å². The van der Waals surface area contributed by atoms with E-state index in [0.29, 0.717) is 25.7 Å². The molecule has 10 saturated heterocycles. The first-order chi connectivity index (χ1) is 25.1. The molecule has 0 aromatic rings. The fourth-order valence-corrected chi connectivity index (χ4v) is 11.3. The number of ketones is 1. The summed E-state index contributed by atoms with van der Waals surface area (Å²) in [6.45, 7) is 11.3. The highest BCUT2D eigenvalue weighted by Gasteiger charge is 2.68. The number of methoxy groups -OCH3 is 1. The minimum Gasteiger partial charge on any atom is -0.392 e. The highest BCUT2D eigenvalue weighted by atomic mass is 16.8. The van der Waals surface area contributed by atoms with E-state index in [4.69, 9.17) is 48.4 Å². The molecule has 0 radical (unpaired) electrons. The van der Waals surface area contributed by atoms with Gasteiger partial charge in [0.1, 0.15) is 36.3 Å². The van der Waals surface area contributed by atoms with Crippen LogP contribution in [0.1, 0.15) is 90.4 Å². The predicted molar refractivity (Wildman–Crippen MR) is 186 cm³/mol. The molecule has 0 amide bonds. The third kappa shape index (κ3) is 6.59. The van der Waals surface area contributed by atoms with Crippen LogP contribution in [0.25, 0.3) is 0 Å². The SMILES string of the molecule is C=C1C[C@@H]2CC[C@@]34C[C@H]5O[C@H]6[C@@H](O3)[C@H]3O[C@H](CC[C@@H]3O[C@H]6[C@H]5O4)CC(=O)C[C@@H]3[C@@H](OC)[C@@H](C[C@H](O)CN)O[C@H]3C[C@H]3O[C@H](CC[C@@H]1O2)C[C@@H](C)C3=C. The van der Waals surface area contributed by atoms with Crippen molar-refractivity contribution in [3.05, 3.63) is 24.3 Å². The second-order valence-electron chi connectivity index (χ2n) is 17.4. The Kier molecular flexibility index (Phi) is 10.0. The molecule has 19 atom stereocenters. The molecular weight excluding hydrogens is 670 g/mol. The average Bonchev–Trinajstić information content (AvgIpc) is 3.79. The van der Waals surface area contributed by atoms with Crippen LogP contribution in [0.3, 0.4) is 0 Å². The first-order valence-electron chi connectivity index (χ1n) is 20.2. The number of aliphatic hydroxyl groups is 1. The van der Waals surface area contributed by atoms with Gasteiger partial charge in [0, 0.05) is 58.1 Å². The first-order valence-corrected chi connectivity index (χ1v) is 20.2. The zero-order valence-electron chi connectivity index (χ0n) is 30.8. The normalized spacial score (nSPS) is 52.4. The van der Waals surface area contributed by atoms with Gasteiger partial charge in [0.15, 0.2) is 5.79 Å². The number of fused-ring (bicyclic) bond motifs is 6. The van der Waals surface area contributed by atoms with Crippen molar-refractivity contribution < 1.29 is 52.5 Å². The fraction of sp³-hybridized carbons (Fsp3) is 0.875. The molecular formula is C40H59NO11. The zero-order chi connectivity index (χ0) is 35.9. The van der Waals surface area contributed by atoms with Gasteiger partial charge in [-0.2, -0.15) is 0 Å². The Bertz CT molecular complexity index is 1380. The molecule has 0 aliphatic carbocycles. The van der Waals surface area contributed by atoms with Crippen LogP contribution >= 0.6 is 0 Å². The lowest BCUT2D eigenvalue weighted by atomic mass is 9.81. The van der Waals surface area contributed by atoms with Gasteiger partial charge < -0.3 is 53.5 Å². The smallest absolute Gasteiger partial charge is 0.172 e. The lowest BCUT2D eigenvalue weighted by Crippen LogP contribution is -2.61. The summed E-state index contributed by atoms with van der Waals surface area (Å²) in [4.78, 5) is 14.1. The van der Waals surface area contributed by atoms with Crippen molar-refractivity contribution in [3.8, 4) is 0 Å². The first kappa shape index (κ1) is 36.4. The highest BCUT2D eigenvalue weighted by Crippen LogP contribution is 2.54. The number of rotatable bonds is 4. The zero-order valence-corrected chi connectivity index (χ0v) is 30.8. The number of nitrogens with two attached hydrogens (primary N) is 1. The lowest BCUT2D eigenvalue weighted by Gasteiger charge is -2.47. The van der Waals surface area contributed by atoms with Crippen molar-refractivity contribution in [2.45, 2.75) is 194 Å². The van der Waals surface area contributed by atoms with Gasteiger partial charge in [-0.05, 0) is 62.0 Å². The minimum atomic E-state index is -0.780.